The molecule has 1 N–H and O–H groups in total. The Bertz CT molecular complexity index is 1130. The summed E-state index contributed by atoms with van der Waals surface area (Å²) in [7, 11) is 4.00. The standard InChI is InChI=1S/C17H20N2O.C14H19NO2.C2H6/c1-13-11-15(9-10-16(13)19(2)3)17(20)18-12-14-7-5-4-6-8-14;1-2-14(16)15-10-8-13(9-11-15)17-12-6-4-3-5-7-12;1-2/h4-11H,12H2,1-3H3,(H,18,20);3-7,13H,2,8-11H2,1H3;1-2H3. The maximum atomic E-state index is 12.1. The van der Waals surface area contributed by atoms with E-state index >= 15 is 0 Å². The van der Waals surface area contributed by atoms with E-state index in [0.29, 0.717) is 18.5 Å². The van der Waals surface area contributed by atoms with Crippen molar-refractivity contribution in [1.29, 1.82) is 0 Å². The number of ether oxygens (including phenoxy) is 1. The quantitative estimate of drug-likeness (QED) is 0.379. The summed E-state index contributed by atoms with van der Waals surface area (Å²) in [4.78, 5) is 27.6. The number of hydrogen-bond acceptors (Lipinski definition) is 4. The molecular formula is C33H45N3O3. The van der Waals surface area contributed by atoms with E-state index < -0.39 is 0 Å². The average molecular weight is 532 g/mol. The average Bonchev–Trinajstić information content (AvgIpc) is 2.98. The largest absolute Gasteiger partial charge is 0.490 e. The van der Waals surface area contributed by atoms with Crippen molar-refractivity contribution < 1.29 is 14.3 Å². The first kappa shape index (κ1) is 31.4. The van der Waals surface area contributed by atoms with Gasteiger partial charge in [-0.2, -0.15) is 0 Å². The van der Waals surface area contributed by atoms with Crippen molar-refractivity contribution in [3.63, 3.8) is 0 Å². The molecule has 0 unspecified atom stereocenters. The number of amides is 2. The first-order chi connectivity index (χ1) is 18.9. The lowest BCUT2D eigenvalue weighted by molar-refractivity contribution is -0.132. The molecule has 39 heavy (non-hydrogen) atoms. The zero-order chi connectivity index (χ0) is 28.6. The highest BCUT2D eigenvalue weighted by molar-refractivity contribution is 5.94. The van der Waals surface area contributed by atoms with Crippen molar-refractivity contribution in [2.45, 2.75) is 59.6 Å². The zero-order valence-electron chi connectivity index (χ0n) is 24.4. The highest BCUT2D eigenvalue weighted by Gasteiger charge is 2.22. The first-order valence-electron chi connectivity index (χ1n) is 14.0. The molecule has 0 radical (unpaired) electrons. The second-order valence-corrected chi connectivity index (χ2v) is 9.43. The van der Waals surface area contributed by atoms with Gasteiger partial charge in [0.25, 0.3) is 5.91 Å². The van der Waals surface area contributed by atoms with E-state index in [2.05, 4.69) is 5.32 Å². The fourth-order valence-corrected chi connectivity index (χ4v) is 4.32. The Kier molecular flexibility index (Phi) is 13.6. The lowest BCUT2D eigenvalue weighted by atomic mass is 10.1. The summed E-state index contributed by atoms with van der Waals surface area (Å²) in [6, 6.07) is 25.6. The molecular weight excluding hydrogens is 486 g/mol. The van der Waals surface area contributed by atoms with E-state index in [4.69, 9.17) is 4.74 Å². The second-order valence-electron chi connectivity index (χ2n) is 9.43. The summed E-state index contributed by atoms with van der Waals surface area (Å²) >= 11 is 0. The molecule has 3 aromatic carbocycles. The van der Waals surface area contributed by atoms with Gasteiger partial charge in [-0.1, -0.05) is 69.3 Å². The number of para-hydroxylation sites is 1. The number of benzene rings is 3. The van der Waals surface area contributed by atoms with Gasteiger partial charge in [0.2, 0.25) is 5.91 Å². The van der Waals surface area contributed by atoms with Gasteiger partial charge in [0.1, 0.15) is 11.9 Å². The van der Waals surface area contributed by atoms with Crippen molar-refractivity contribution >= 4 is 17.5 Å². The van der Waals surface area contributed by atoms with Crippen molar-refractivity contribution in [3.05, 3.63) is 95.6 Å². The fraction of sp³-hybridized carbons (Fsp3) is 0.394. The third-order valence-electron chi connectivity index (χ3n) is 6.38. The Morgan fingerprint density at radius 3 is 2.05 bits per heavy atom. The van der Waals surface area contributed by atoms with Gasteiger partial charge < -0.3 is 19.9 Å². The number of nitrogens with one attached hydrogen (secondary N) is 1. The van der Waals surface area contributed by atoms with E-state index in [1.165, 1.54) is 0 Å². The minimum atomic E-state index is -0.0396. The second kappa shape index (κ2) is 16.9. The van der Waals surface area contributed by atoms with Gasteiger partial charge >= 0.3 is 0 Å². The number of carbonyl (C=O) groups excluding carboxylic acids is 2. The Morgan fingerprint density at radius 2 is 1.51 bits per heavy atom. The van der Waals surface area contributed by atoms with Crippen LogP contribution in [0.2, 0.25) is 0 Å². The van der Waals surface area contributed by atoms with Crippen LogP contribution in [0.5, 0.6) is 5.75 Å². The molecule has 210 valence electrons. The summed E-state index contributed by atoms with van der Waals surface area (Å²) in [6.45, 7) is 10.1. The van der Waals surface area contributed by atoms with Gasteiger partial charge in [-0.3, -0.25) is 9.59 Å². The molecule has 1 fully saturated rings. The molecule has 0 atom stereocenters. The maximum Gasteiger partial charge on any atom is 0.251 e. The topological polar surface area (TPSA) is 61.9 Å². The van der Waals surface area contributed by atoms with Crippen LogP contribution in [0.3, 0.4) is 0 Å². The van der Waals surface area contributed by atoms with Gasteiger partial charge in [-0.05, 0) is 48.4 Å². The Morgan fingerprint density at radius 1 is 0.923 bits per heavy atom. The van der Waals surface area contributed by atoms with Crippen molar-refractivity contribution in [2.75, 3.05) is 32.1 Å². The van der Waals surface area contributed by atoms with E-state index in [9.17, 15) is 9.59 Å². The maximum absolute atomic E-state index is 12.1. The predicted octanol–water partition coefficient (Wildman–Crippen LogP) is 6.48. The molecule has 0 aromatic heterocycles. The number of carbonyl (C=O) groups is 2. The van der Waals surface area contributed by atoms with Crippen LogP contribution >= 0.6 is 0 Å². The summed E-state index contributed by atoms with van der Waals surface area (Å²) in [5.41, 5.74) is 4.03. The number of aryl methyl sites for hydroxylation is 1. The Balaban J connectivity index is 0.000000260. The Labute approximate surface area is 235 Å². The van der Waals surface area contributed by atoms with Crippen molar-refractivity contribution in [2.24, 2.45) is 0 Å². The lowest BCUT2D eigenvalue weighted by Crippen LogP contribution is -2.41. The van der Waals surface area contributed by atoms with Crippen LogP contribution in [-0.2, 0) is 11.3 Å². The van der Waals surface area contributed by atoms with E-state index in [0.717, 1.165) is 48.5 Å². The molecule has 1 saturated heterocycles. The SMILES string of the molecule is CC.CCC(=O)N1CCC(Oc2ccccc2)CC1.Cc1cc(C(=O)NCc2ccccc2)ccc1N(C)C. The van der Waals surface area contributed by atoms with Crippen LogP contribution in [-0.4, -0.2) is 50.0 Å². The number of hydrogen-bond donors (Lipinski definition) is 1. The predicted molar refractivity (Wildman–Crippen MR) is 161 cm³/mol. The molecule has 4 rings (SSSR count). The summed E-state index contributed by atoms with van der Waals surface area (Å²) < 4.78 is 5.88. The lowest BCUT2D eigenvalue weighted by Gasteiger charge is -2.32. The number of anilines is 1. The minimum Gasteiger partial charge on any atom is -0.490 e. The molecule has 1 aliphatic heterocycles. The monoisotopic (exact) mass is 531 g/mol. The smallest absolute Gasteiger partial charge is 0.251 e. The summed E-state index contributed by atoms with van der Waals surface area (Å²) in [5.74, 6) is 1.14. The molecule has 3 aromatic rings. The summed E-state index contributed by atoms with van der Waals surface area (Å²) in [5, 5.41) is 2.94. The molecule has 0 saturated carbocycles. The van der Waals surface area contributed by atoms with Gasteiger partial charge in [0.05, 0.1) is 0 Å². The fourth-order valence-electron chi connectivity index (χ4n) is 4.32. The third kappa shape index (κ3) is 10.5. The number of piperidine rings is 1. The molecule has 0 bridgehead atoms. The van der Waals surface area contributed by atoms with Gasteiger partial charge in [-0.25, -0.2) is 0 Å². The Hall–Kier alpha value is -3.80. The zero-order valence-corrected chi connectivity index (χ0v) is 24.4. The first-order valence-corrected chi connectivity index (χ1v) is 14.0. The highest BCUT2D eigenvalue weighted by atomic mass is 16.5. The van der Waals surface area contributed by atoms with E-state index in [-0.39, 0.29) is 17.9 Å². The normalized spacial score (nSPS) is 12.7. The minimum absolute atomic E-state index is 0.0396. The third-order valence-corrected chi connectivity index (χ3v) is 6.38. The van der Waals surface area contributed by atoms with Gasteiger partial charge in [-0.15, -0.1) is 0 Å². The van der Waals surface area contributed by atoms with Crippen molar-refractivity contribution in [3.8, 4) is 5.75 Å². The van der Waals surface area contributed by atoms with Gasteiger partial charge in [0, 0.05) is 64.2 Å². The molecule has 1 heterocycles. The van der Waals surface area contributed by atoms with E-state index in [1.807, 2.05) is 130 Å². The molecule has 6 heteroatoms. The van der Waals surface area contributed by atoms with Crippen LogP contribution in [0.25, 0.3) is 0 Å². The molecule has 6 nitrogen and oxygen atoms in total. The molecule has 1 aliphatic rings. The van der Waals surface area contributed by atoms with Crippen LogP contribution in [0.15, 0.2) is 78.9 Å². The van der Waals surface area contributed by atoms with Crippen LogP contribution in [0, 0.1) is 6.92 Å². The molecule has 0 aliphatic carbocycles. The van der Waals surface area contributed by atoms with Crippen LogP contribution in [0.4, 0.5) is 5.69 Å². The highest BCUT2D eigenvalue weighted by Crippen LogP contribution is 2.20. The number of rotatable bonds is 7. The summed E-state index contributed by atoms with van der Waals surface area (Å²) in [6.07, 6.45) is 2.71. The number of likely N-dealkylation sites (tertiary alicyclic amines) is 1. The van der Waals surface area contributed by atoms with E-state index in [1.54, 1.807) is 0 Å². The van der Waals surface area contributed by atoms with Gasteiger partial charge in [0.15, 0.2) is 0 Å². The number of nitrogens with zero attached hydrogens (tertiary/aromatic N) is 2. The van der Waals surface area contributed by atoms with Crippen LogP contribution < -0.4 is 15.0 Å². The molecule has 0 spiro atoms. The van der Waals surface area contributed by atoms with Crippen LogP contribution in [0.1, 0.15) is 61.5 Å². The van der Waals surface area contributed by atoms with Crippen molar-refractivity contribution in [1.82, 2.24) is 10.2 Å². The molecule has 2 amide bonds.